The third kappa shape index (κ3) is 4.86. The molecule has 0 spiro atoms. The Kier molecular flexibility index (Phi) is 4.70. The number of hydrogen-bond acceptors (Lipinski definition) is 3. The van der Waals surface area contributed by atoms with Gasteiger partial charge in [0.25, 0.3) is 0 Å². The summed E-state index contributed by atoms with van der Waals surface area (Å²) in [5.74, 6) is -1.01. The zero-order valence-electron chi connectivity index (χ0n) is 9.15. The summed E-state index contributed by atoms with van der Waals surface area (Å²) in [5.41, 5.74) is -0.315. The fourth-order valence-corrected chi connectivity index (χ4v) is 1.04. The molecular weight excluding hydrogens is 251 g/mol. The standard InChI is InChI=1S/C11H10F3NO3/c12-11(13,14)9-3-1-8(2-4-9)7-15-18-6-5-10(16)17/h1-4,7H,5-6H2,(H,16,17)/b15-7+. The Labute approximate surface area is 101 Å². The summed E-state index contributed by atoms with van der Waals surface area (Å²) in [4.78, 5) is 14.7. The molecule has 1 aromatic carbocycles. The molecule has 0 unspecified atom stereocenters. The van der Waals surface area contributed by atoms with Gasteiger partial charge in [-0.05, 0) is 17.7 Å². The Morgan fingerprint density at radius 2 is 1.94 bits per heavy atom. The molecule has 1 N–H and O–H groups in total. The lowest BCUT2D eigenvalue weighted by atomic mass is 10.1. The molecule has 0 amide bonds. The van der Waals surface area contributed by atoms with Crippen molar-refractivity contribution in [3.63, 3.8) is 0 Å². The zero-order chi connectivity index (χ0) is 13.6. The Morgan fingerprint density at radius 1 is 1.33 bits per heavy atom. The first-order valence-electron chi connectivity index (χ1n) is 4.94. The molecule has 1 aromatic rings. The lowest BCUT2D eigenvalue weighted by molar-refractivity contribution is -0.138. The fraction of sp³-hybridized carbons (Fsp3) is 0.273. The summed E-state index contributed by atoms with van der Waals surface area (Å²) in [6.07, 6.45) is -3.35. The Morgan fingerprint density at radius 3 is 2.44 bits per heavy atom. The summed E-state index contributed by atoms with van der Waals surface area (Å²) in [5, 5.41) is 11.7. The number of aliphatic carboxylic acids is 1. The predicted molar refractivity (Wildman–Crippen MR) is 57.2 cm³/mol. The van der Waals surface area contributed by atoms with Crippen LogP contribution in [0.15, 0.2) is 29.4 Å². The van der Waals surface area contributed by atoms with Gasteiger partial charge in [0.2, 0.25) is 0 Å². The summed E-state index contributed by atoms with van der Waals surface area (Å²) in [7, 11) is 0. The second-order valence-electron chi connectivity index (χ2n) is 3.33. The quantitative estimate of drug-likeness (QED) is 0.503. The molecule has 0 aliphatic rings. The molecule has 0 atom stereocenters. The first-order chi connectivity index (χ1) is 8.39. The highest BCUT2D eigenvalue weighted by atomic mass is 19.4. The summed E-state index contributed by atoms with van der Waals surface area (Å²) in [6, 6.07) is 4.34. The first-order valence-corrected chi connectivity index (χ1v) is 4.94. The third-order valence-electron chi connectivity index (χ3n) is 1.92. The third-order valence-corrected chi connectivity index (χ3v) is 1.92. The average molecular weight is 261 g/mol. The van der Waals surface area contributed by atoms with E-state index in [1.807, 2.05) is 0 Å². The predicted octanol–water partition coefficient (Wildman–Crippen LogP) is 2.53. The fourth-order valence-electron chi connectivity index (χ4n) is 1.04. The van der Waals surface area contributed by atoms with Crippen molar-refractivity contribution < 1.29 is 27.9 Å². The molecule has 4 nitrogen and oxygen atoms in total. The second-order valence-corrected chi connectivity index (χ2v) is 3.33. The maximum atomic E-state index is 12.2. The van der Waals surface area contributed by atoms with E-state index in [1.54, 1.807) is 0 Å². The maximum Gasteiger partial charge on any atom is 0.416 e. The molecule has 0 aliphatic carbocycles. The van der Waals surface area contributed by atoms with Gasteiger partial charge in [0.1, 0.15) is 6.61 Å². The van der Waals surface area contributed by atoms with Crippen molar-refractivity contribution in [2.24, 2.45) is 5.16 Å². The van der Waals surface area contributed by atoms with E-state index in [-0.39, 0.29) is 13.0 Å². The molecule has 7 heteroatoms. The van der Waals surface area contributed by atoms with Crippen molar-refractivity contribution in [3.8, 4) is 0 Å². The summed E-state index contributed by atoms with van der Waals surface area (Å²) < 4.78 is 36.7. The molecule has 98 valence electrons. The Bertz CT molecular complexity index is 426. The minimum Gasteiger partial charge on any atom is -0.481 e. The van der Waals surface area contributed by atoms with E-state index in [0.29, 0.717) is 5.56 Å². The van der Waals surface area contributed by atoms with Gasteiger partial charge in [-0.1, -0.05) is 17.3 Å². The number of carboxylic acids is 1. The van der Waals surface area contributed by atoms with E-state index in [9.17, 15) is 18.0 Å². The molecule has 0 fully saturated rings. The van der Waals surface area contributed by atoms with E-state index in [4.69, 9.17) is 5.11 Å². The topological polar surface area (TPSA) is 58.9 Å². The van der Waals surface area contributed by atoms with E-state index in [1.165, 1.54) is 18.3 Å². The van der Waals surface area contributed by atoms with Crippen LogP contribution in [0.1, 0.15) is 17.5 Å². The minimum absolute atomic E-state index is 0.0908. The molecule has 0 saturated heterocycles. The normalized spacial score (nSPS) is 11.7. The van der Waals surface area contributed by atoms with Gasteiger partial charge < -0.3 is 9.94 Å². The van der Waals surface area contributed by atoms with Crippen LogP contribution < -0.4 is 0 Å². The van der Waals surface area contributed by atoms with Gasteiger partial charge in [-0.15, -0.1) is 0 Å². The largest absolute Gasteiger partial charge is 0.481 e. The molecule has 0 bridgehead atoms. The van der Waals surface area contributed by atoms with Crippen LogP contribution >= 0.6 is 0 Å². The Hall–Kier alpha value is -2.05. The van der Waals surface area contributed by atoms with Crippen molar-refractivity contribution >= 4 is 12.2 Å². The molecule has 0 saturated carbocycles. The van der Waals surface area contributed by atoms with E-state index < -0.39 is 17.7 Å². The highest BCUT2D eigenvalue weighted by molar-refractivity contribution is 5.79. The minimum atomic E-state index is -4.37. The number of carbonyl (C=O) groups is 1. The molecule has 0 aromatic heterocycles. The van der Waals surface area contributed by atoms with Gasteiger partial charge in [0.15, 0.2) is 0 Å². The number of hydrogen-bond donors (Lipinski definition) is 1. The maximum absolute atomic E-state index is 12.2. The number of rotatable bonds is 5. The molecule has 0 aliphatic heterocycles. The lowest BCUT2D eigenvalue weighted by Crippen LogP contribution is -2.04. The second kappa shape index (κ2) is 6.04. The zero-order valence-corrected chi connectivity index (χ0v) is 9.15. The molecule has 1 rings (SSSR count). The number of halogens is 3. The van der Waals surface area contributed by atoms with E-state index >= 15 is 0 Å². The molecule has 0 radical (unpaired) electrons. The van der Waals surface area contributed by atoms with Crippen LogP contribution in [0.3, 0.4) is 0 Å². The van der Waals surface area contributed by atoms with E-state index in [0.717, 1.165) is 12.1 Å². The molecular formula is C11H10F3NO3. The van der Waals surface area contributed by atoms with Crippen LogP contribution in [0, 0.1) is 0 Å². The number of oxime groups is 1. The van der Waals surface area contributed by atoms with Crippen LogP contribution in [0.5, 0.6) is 0 Å². The van der Waals surface area contributed by atoms with Gasteiger partial charge in [-0.2, -0.15) is 13.2 Å². The van der Waals surface area contributed by atoms with Crippen LogP contribution in [0.2, 0.25) is 0 Å². The molecule has 18 heavy (non-hydrogen) atoms. The first kappa shape index (κ1) is 14.0. The van der Waals surface area contributed by atoms with Gasteiger partial charge in [0, 0.05) is 0 Å². The van der Waals surface area contributed by atoms with E-state index in [2.05, 4.69) is 9.99 Å². The highest BCUT2D eigenvalue weighted by Gasteiger charge is 2.29. The highest BCUT2D eigenvalue weighted by Crippen LogP contribution is 2.28. The van der Waals surface area contributed by atoms with Crippen LogP contribution in [-0.4, -0.2) is 23.9 Å². The van der Waals surface area contributed by atoms with Gasteiger partial charge in [0.05, 0.1) is 18.2 Å². The number of alkyl halides is 3. The number of nitrogens with zero attached hydrogens (tertiary/aromatic N) is 1. The van der Waals surface area contributed by atoms with Crippen LogP contribution in [0.25, 0.3) is 0 Å². The van der Waals surface area contributed by atoms with Gasteiger partial charge in [-0.3, -0.25) is 4.79 Å². The van der Waals surface area contributed by atoms with Gasteiger partial charge >= 0.3 is 12.1 Å². The average Bonchev–Trinajstić information content (AvgIpc) is 2.27. The van der Waals surface area contributed by atoms with Gasteiger partial charge in [-0.25, -0.2) is 0 Å². The van der Waals surface area contributed by atoms with Crippen LogP contribution in [0.4, 0.5) is 13.2 Å². The molecule has 0 heterocycles. The SMILES string of the molecule is O=C(O)CCO/N=C/c1ccc(C(F)(F)F)cc1. The van der Waals surface area contributed by atoms with Crippen LogP contribution in [-0.2, 0) is 15.8 Å². The summed E-state index contributed by atoms with van der Waals surface area (Å²) in [6.45, 7) is -0.0908. The smallest absolute Gasteiger partial charge is 0.416 e. The number of benzene rings is 1. The lowest BCUT2D eigenvalue weighted by Gasteiger charge is -2.05. The number of carboxylic acid groups (broad SMARTS) is 1. The van der Waals surface area contributed by atoms with Crippen molar-refractivity contribution in [2.75, 3.05) is 6.61 Å². The monoisotopic (exact) mass is 261 g/mol. The van der Waals surface area contributed by atoms with Crippen molar-refractivity contribution in [2.45, 2.75) is 12.6 Å². The van der Waals surface area contributed by atoms with Crippen molar-refractivity contribution in [3.05, 3.63) is 35.4 Å². The Balaban J connectivity index is 2.49. The van der Waals surface area contributed by atoms with Crippen molar-refractivity contribution in [1.29, 1.82) is 0 Å². The van der Waals surface area contributed by atoms with Crippen molar-refractivity contribution in [1.82, 2.24) is 0 Å². The summed E-state index contributed by atoms with van der Waals surface area (Å²) >= 11 is 0.